The molecule has 4 rings (SSSR count). The van der Waals surface area contributed by atoms with Crippen molar-refractivity contribution in [1.29, 1.82) is 0 Å². The summed E-state index contributed by atoms with van der Waals surface area (Å²) in [5.41, 5.74) is 1.21. The number of alkyl halides is 3. The van der Waals surface area contributed by atoms with Crippen LogP contribution in [0.4, 0.5) is 27.6 Å². The molecule has 34 heavy (non-hydrogen) atoms. The summed E-state index contributed by atoms with van der Waals surface area (Å²) < 4.78 is 69.2. The Hall–Kier alpha value is -2.79. The lowest BCUT2D eigenvalue weighted by Gasteiger charge is -2.28. The predicted octanol–water partition coefficient (Wildman–Crippen LogP) is 3.67. The van der Waals surface area contributed by atoms with Crippen molar-refractivity contribution in [3.63, 3.8) is 0 Å². The number of amides is 1. The van der Waals surface area contributed by atoms with E-state index in [9.17, 15) is 26.7 Å². The summed E-state index contributed by atoms with van der Waals surface area (Å²) in [6, 6.07) is 3.12. The van der Waals surface area contributed by atoms with Gasteiger partial charge in [0.1, 0.15) is 18.2 Å². The number of ether oxygens (including phenoxy) is 1. The number of halogens is 5. The predicted molar refractivity (Wildman–Crippen MR) is 116 cm³/mol. The summed E-state index contributed by atoms with van der Waals surface area (Å²) in [4.78, 5) is 19.1. The number of hydrogen-bond donors (Lipinski definition) is 2. The molecule has 2 fully saturated rings. The molecule has 0 bridgehead atoms. The second kappa shape index (κ2) is 9.83. The van der Waals surface area contributed by atoms with Crippen LogP contribution >= 0.6 is 0 Å². The molecule has 1 amide bonds. The Kier molecular flexibility index (Phi) is 7.04. The van der Waals surface area contributed by atoms with Crippen LogP contribution in [0.5, 0.6) is 0 Å². The third kappa shape index (κ3) is 5.64. The van der Waals surface area contributed by atoms with Gasteiger partial charge in [0.05, 0.1) is 17.9 Å². The molecular formula is C23H25F5N4O2. The minimum absolute atomic E-state index is 0.0904. The van der Waals surface area contributed by atoms with Gasteiger partial charge in [0.25, 0.3) is 5.91 Å². The van der Waals surface area contributed by atoms with E-state index in [1.807, 2.05) is 4.90 Å². The van der Waals surface area contributed by atoms with Gasteiger partial charge >= 0.3 is 6.18 Å². The van der Waals surface area contributed by atoms with Crippen LogP contribution in [0.3, 0.4) is 0 Å². The minimum Gasteiger partial charge on any atom is -0.370 e. The van der Waals surface area contributed by atoms with Crippen molar-refractivity contribution in [1.82, 2.24) is 15.6 Å². The number of anilines is 1. The number of carbonyl (C=O) groups excluding carboxylic acids is 1. The number of aromatic nitrogens is 1. The molecule has 2 aliphatic rings. The van der Waals surface area contributed by atoms with Gasteiger partial charge in [-0.2, -0.15) is 13.2 Å². The highest BCUT2D eigenvalue weighted by atomic mass is 19.4. The molecule has 1 atom stereocenters. The van der Waals surface area contributed by atoms with Gasteiger partial charge in [-0.25, -0.2) is 8.78 Å². The fourth-order valence-corrected chi connectivity index (χ4v) is 4.68. The van der Waals surface area contributed by atoms with E-state index >= 15 is 0 Å². The van der Waals surface area contributed by atoms with Crippen LogP contribution in [0.15, 0.2) is 30.6 Å². The molecule has 2 N–H and O–H groups in total. The highest BCUT2D eigenvalue weighted by molar-refractivity contribution is 6.03. The number of pyridine rings is 1. The molecule has 3 heterocycles. The molecule has 1 aromatic carbocycles. The van der Waals surface area contributed by atoms with Gasteiger partial charge in [0.15, 0.2) is 0 Å². The van der Waals surface area contributed by atoms with E-state index in [0.717, 1.165) is 31.9 Å². The molecule has 0 saturated carbocycles. The van der Waals surface area contributed by atoms with Gasteiger partial charge in [-0.3, -0.25) is 9.78 Å². The van der Waals surface area contributed by atoms with E-state index in [2.05, 4.69) is 20.4 Å². The van der Waals surface area contributed by atoms with Gasteiger partial charge in [-0.1, -0.05) is 0 Å². The highest BCUT2D eigenvalue weighted by Crippen LogP contribution is 2.39. The normalized spacial score (nSPS) is 20.3. The van der Waals surface area contributed by atoms with Crippen LogP contribution < -0.4 is 15.5 Å². The summed E-state index contributed by atoms with van der Waals surface area (Å²) in [6.45, 7) is 0.266. The Morgan fingerprint density at radius 2 is 1.94 bits per heavy atom. The first-order chi connectivity index (χ1) is 16.2. The zero-order valence-electron chi connectivity index (χ0n) is 18.4. The second-order valence-corrected chi connectivity index (χ2v) is 8.65. The van der Waals surface area contributed by atoms with Crippen LogP contribution in [0.1, 0.15) is 29.6 Å². The molecule has 2 aromatic rings. The number of nitrogens with zero attached hydrogens (tertiary/aromatic N) is 2. The number of rotatable bonds is 7. The first-order valence-electron chi connectivity index (χ1n) is 11.0. The molecular weight excluding hydrogens is 459 g/mol. The molecule has 184 valence electrons. The fourth-order valence-electron chi connectivity index (χ4n) is 4.68. The van der Waals surface area contributed by atoms with Gasteiger partial charge in [-0.15, -0.1) is 0 Å². The van der Waals surface area contributed by atoms with Crippen LogP contribution in [-0.2, 0) is 4.74 Å². The van der Waals surface area contributed by atoms with Crippen molar-refractivity contribution >= 4 is 11.6 Å². The number of nitrogens with one attached hydrogen (secondary N) is 2. The van der Waals surface area contributed by atoms with Crippen molar-refractivity contribution in [3.8, 4) is 11.1 Å². The maximum atomic E-state index is 14.0. The Labute approximate surface area is 193 Å². The van der Waals surface area contributed by atoms with Crippen molar-refractivity contribution in [3.05, 3.63) is 47.8 Å². The summed E-state index contributed by atoms with van der Waals surface area (Å²) in [5.74, 6) is -2.07. The van der Waals surface area contributed by atoms with Crippen molar-refractivity contribution < 1.29 is 31.5 Å². The third-order valence-electron chi connectivity index (χ3n) is 6.14. The zero-order valence-corrected chi connectivity index (χ0v) is 18.4. The van der Waals surface area contributed by atoms with Crippen LogP contribution in [-0.4, -0.2) is 62.0 Å². The van der Waals surface area contributed by atoms with E-state index in [1.165, 1.54) is 24.5 Å². The van der Waals surface area contributed by atoms with Crippen LogP contribution in [0, 0.1) is 11.6 Å². The lowest BCUT2D eigenvalue weighted by Crippen LogP contribution is -2.42. The highest BCUT2D eigenvalue weighted by Gasteiger charge is 2.41. The van der Waals surface area contributed by atoms with Crippen LogP contribution in [0.2, 0.25) is 0 Å². The largest absolute Gasteiger partial charge is 0.411 e. The lowest BCUT2D eigenvalue weighted by atomic mass is 9.96. The Morgan fingerprint density at radius 1 is 1.18 bits per heavy atom. The average Bonchev–Trinajstić information content (AvgIpc) is 3.41. The zero-order chi connectivity index (χ0) is 24.3. The van der Waals surface area contributed by atoms with E-state index in [1.54, 1.807) is 0 Å². The number of hydrogen-bond acceptors (Lipinski definition) is 5. The molecule has 0 aliphatic carbocycles. The van der Waals surface area contributed by atoms with Gasteiger partial charge < -0.3 is 20.3 Å². The maximum absolute atomic E-state index is 14.0. The SMILES string of the molecule is O=C(NCCOCC(F)(F)F)c1cncc(-c2cc(F)cc(F)c2)c1N1CCC2(CCCN2)C1. The van der Waals surface area contributed by atoms with E-state index in [0.29, 0.717) is 24.3 Å². The van der Waals surface area contributed by atoms with E-state index < -0.39 is 30.3 Å². The second-order valence-electron chi connectivity index (χ2n) is 8.65. The summed E-state index contributed by atoms with van der Waals surface area (Å²) in [5, 5.41) is 6.08. The minimum atomic E-state index is -4.45. The monoisotopic (exact) mass is 484 g/mol. The average molecular weight is 484 g/mol. The van der Waals surface area contributed by atoms with Gasteiger partial charge in [-0.05, 0) is 43.5 Å². The van der Waals surface area contributed by atoms with E-state index in [-0.39, 0.29) is 29.8 Å². The summed E-state index contributed by atoms with van der Waals surface area (Å²) in [7, 11) is 0. The van der Waals surface area contributed by atoms with Gasteiger partial charge in [0, 0.05) is 49.2 Å². The Balaban J connectivity index is 1.61. The Morgan fingerprint density at radius 3 is 2.62 bits per heavy atom. The van der Waals surface area contributed by atoms with Crippen LogP contribution in [0.25, 0.3) is 11.1 Å². The summed E-state index contributed by atoms with van der Waals surface area (Å²) in [6.07, 6.45) is 1.23. The fraction of sp³-hybridized carbons (Fsp3) is 0.478. The molecule has 2 aliphatic heterocycles. The maximum Gasteiger partial charge on any atom is 0.411 e. The molecule has 1 unspecified atom stereocenters. The lowest BCUT2D eigenvalue weighted by molar-refractivity contribution is -0.173. The van der Waals surface area contributed by atoms with Crippen molar-refractivity contribution in [2.45, 2.75) is 31.0 Å². The molecule has 6 nitrogen and oxygen atoms in total. The third-order valence-corrected chi connectivity index (χ3v) is 6.14. The number of benzene rings is 1. The summed E-state index contributed by atoms with van der Waals surface area (Å²) >= 11 is 0. The molecule has 0 radical (unpaired) electrons. The quantitative estimate of drug-likeness (QED) is 0.464. The standard InChI is InChI=1S/C23H25F5N4O2/c24-16-8-15(9-17(25)10-16)18-11-29-12-19(21(33)30-5-7-34-14-23(26,27)28)20(18)32-6-3-22(13-32)2-1-4-31-22/h8-12,31H,1-7,13-14H2,(H,30,33). The molecule has 2 saturated heterocycles. The first kappa shape index (κ1) is 24.3. The first-order valence-corrected chi connectivity index (χ1v) is 11.0. The Bertz CT molecular complexity index is 1020. The van der Waals surface area contributed by atoms with Crippen molar-refractivity contribution in [2.75, 3.05) is 44.3 Å². The van der Waals surface area contributed by atoms with Gasteiger partial charge in [0.2, 0.25) is 0 Å². The van der Waals surface area contributed by atoms with Crippen molar-refractivity contribution in [2.24, 2.45) is 0 Å². The molecule has 11 heteroatoms. The molecule has 1 spiro atoms. The number of carbonyl (C=O) groups is 1. The smallest absolute Gasteiger partial charge is 0.370 e. The molecule has 1 aromatic heterocycles. The topological polar surface area (TPSA) is 66.5 Å². The van der Waals surface area contributed by atoms with E-state index in [4.69, 9.17) is 0 Å².